The second kappa shape index (κ2) is 10.1. The Morgan fingerprint density at radius 2 is 1.56 bits per heavy atom. The molecule has 0 aliphatic rings. The number of phenols is 1. The number of phenolic OH excluding ortho intramolecular Hbond substituents is 1. The summed E-state index contributed by atoms with van der Waals surface area (Å²) >= 11 is 0. The number of carbonyl (C=O) groups is 1. The lowest BCUT2D eigenvalue weighted by atomic mass is 9.94. The lowest BCUT2D eigenvalue weighted by molar-refractivity contribution is -0.123. The van der Waals surface area contributed by atoms with Gasteiger partial charge in [-0.05, 0) is 52.3 Å². The second-order valence-electron chi connectivity index (χ2n) is 7.52. The van der Waals surface area contributed by atoms with E-state index >= 15 is 0 Å². The molecular weight excluding hydrogens is 336 g/mol. The molecule has 0 saturated carbocycles. The molecule has 27 heavy (non-hydrogen) atoms. The van der Waals surface area contributed by atoms with E-state index in [0.717, 1.165) is 24.1 Å². The summed E-state index contributed by atoms with van der Waals surface area (Å²) in [5.74, 6) is -0.00572. The number of aromatic hydroxyl groups is 1. The number of benzene rings is 2. The lowest BCUT2D eigenvalue weighted by Gasteiger charge is -2.32. The minimum Gasteiger partial charge on any atom is -0.508 e. The van der Waals surface area contributed by atoms with E-state index in [0.29, 0.717) is 18.6 Å². The summed E-state index contributed by atoms with van der Waals surface area (Å²) in [7, 11) is 0. The Morgan fingerprint density at radius 3 is 2.15 bits per heavy atom. The molecule has 2 aromatic rings. The van der Waals surface area contributed by atoms with Gasteiger partial charge in [0, 0.05) is 24.2 Å². The van der Waals surface area contributed by atoms with E-state index in [1.165, 1.54) is 0 Å². The summed E-state index contributed by atoms with van der Waals surface area (Å²) in [6.45, 7) is 9.95. The molecule has 0 bridgehead atoms. The fourth-order valence-corrected chi connectivity index (χ4v) is 3.49. The third-order valence-electron chi connectivity index (χ3n) is 4.97. The summed E-state index contributed by atoms with van der Waals surface area (Å²) in [6.07, 6.45) is 0.757. The molecular formula is C23H32N2O2. The molecule has 4 nitrogen and oxygen atoms in total. The Morgan fingerprint density at radius 1 is 0.963 bits per heavy atom. The van der Waals surface area contributed by atoms with Gasteiger partial charge < -0.3 is 10.4 Å². The Kier molecular flexibility index (Phi) is 7.86. The zero-order valence-electron chi connectivity index (χ0n) is 16.9. The molecule has 2 N–H and O–H groups in total. The van der Waals surface area contributed by atoms with Crippen molar-refractivity contribution in [2.45, 2.75) is 58.7 Å². The van der Waals surface area contributed by atoms with Gasteiger partial charge in [0.05, 0.1) is 5.92 Å². The first-order chi connectivity index (χ1) is 12.9. The van der Waals surface area contributed by atoms with Gasteiger partial charge in [0.25, 0.3) is 0 Å². The predicted molar refractivity (Wildman–Crippen MR) is 111 cm³/mol. The number of nitrogens with one attached hydrogen (secondary N) is 1. The minimum atomic E-state index is -0.211. The molecule has 0 radical (unpaired) electrons. The smallest absolute Gasteiger partial charge is 0.227 e. The Hall–Kier alpha value is -2.33. The van der Waals surface area contributed by atoms with Gasteiger partial charge in [-0.25, -0.2) is 0 Å². The van der Waals surface area contributed by atoms with Crippen molar-refractivity contribution in [1.29, 1.82) is 0 Å². The molecule has 0 aliphatic carbocycles. The zero-order valence-corrected chi connectivity index (χ0v) is 16.9. The molecule has 4 heteroatoms. The topological polar surface area (TPSA) is 52.6 Å². The number of para-hydroxylation sites is 1. The third kappa shape index (κ3) is 6.10. The molecule has 2 aromatic carbocycles. The fourth-order valence-electron chi connectivity index (χ4n) is 3.49. The molecule has 0 fully saturated rings. The van der Waals surface area contributed by atoms with Crippen molar-refractivity contribution in [1.82, 2.24) is 10.2 Å². The normalized spacial score (nSPS) is 12.6. The van der Waals surface area contributed by atoms with Gasteiger partial charge in [0.15, 0.2) is 0 Å². The van der Waals surface area contributed by atoms with E-state index in [1.54, 1.807) is 12.1 Å². The highest BCUT2D eigenvalue weighted by Gasteiger charge is 2.23. The van der Waals surface area contributed by atoms with E-state index < -0.39 is 0 Å². The van der Waals surface area contributed by atoms with Gasteiger partial charge in [0.2, 0.25) is 5.91 Å². The quantitative estimate of drug-likeness (QED) is 0.694. The van der Waals surface area contributed by atoms with Crippen LogP contribution in [-0.4, -0.2) is 34.5 Å². The van der Waals surface area contributed by atoms with Crippen LogP contribution in [0, 0.1) is 0 Å². The molecule has 0 heterocycles. The van der Waals surface area contributed by atoms with Gasteiger partial charge in [-0.15, -0.1) is 0 Å². The maximum atomic E-state index is 13.0. The summed E-state index contributed by atoms with van der Waals surface area (Å²) in [4.78, 5) is 15.4. The molecule has 0 aliphatic heterocycles. The maximum absolute atomic E-state index is 13.0. The van der Waals surface area contributed by atoms with E-state index in [4.69, 9.17) is 0 Å². The van der Waals surface area contributed by atoms with Crippen LogP contribution >= 0.6 is 0 Å². The van der Waals surface area contributed by atoms with E-state index in [-0.39, 0.29) is 17.6 Å². The first kappa shape index (κ1) is 21.0. The highest BCUT2D eigenvalue weighted by molar-refractivity contribution is 5.83. The Bertz CT molecular complexity index is 705. The number of hydrogen-bond donors (Lipinski definition) is 2. The average molecular weight is 369 g/mol. The van der Waals surface area contributed by atoms with Crippen LogP contribution in [0.15, 0.2) is 54.6 Å². The molecule has 1 atom stereocenters. The van der Waals surface area contributed by atoms with E-state index in [1.807, 2.05) is 42.5 Å². The van der Waals surface area contributed by atoms with Gasteiger partial charge >= 0.3 is 0 Å². The first-order valence-electron chi connectivity index (χ1n) is 9.75. The monoisotopic (exact) mass is 368 g/mol. The summed E-state index contributed by atoms with van der Waals surface area (Å²) in [5, 5.41) is 12.9. The number of rotatable bonds is 9. The van der Waals surface area contributed by atoms with Crippen LogP contribution < -0.4 is 5.32 Å². The van der Waals surface area contributed by atoms with Gasteiger partial charge in [-0.3, -0.25) is 9.69 Å². The Labute approximate surface area is 163 Å². The van der Waals surface area contributed by atoms with E-state index in [9.17, 15) is 9.90 Å². The molecule has 0 aromatic heterocycles. The SMILES string of the molecule is CC(C)N(CCC(C(=O)NCc1ccccc1O)c1ccccc1)C(C)C. The van der Waals surface area contributed by atoms with E-state index in [2.05, 4.69) is 37.9 Å². The van der Waals surface area contributed by atoms with Crippen LogP contribution in [0.2, 0.25) is 0 Å². The molecule has 0 saturated heterocycles. The zero-order chi connectivity index (χ0) is 19.8. The lowest BCUT2D eigenvalue weighted by Crippen LogP contribution is -2.39. The largest absolute Gasteiger partial charge is 0.508 e. The first-order valence-corrected chi connectivity index (χ1v) is 9.75. The maximum Gasteiger partial charge on any atom is 0.227 e. The average Bonchev–Trinajstić information content (AvgIpc) is 2.64. The van der Waals surface area contributed by atoms with Crippen LogP contribution in [0.3, 0.4) is 0 Å². The van der Waals surface area contributed by atoms with Crippen LogP contribution in [0.5, 0.6) is 5.75 Å². The van der Waals surface area contributed by atoms with Crippen molar-refractivity contribution >= 4 is 5.91 Å². The van der Waals surface area contributed by atoms with Crippen LogP contribution in [0.1, 0.15) is 51.2 Å². The standard InChI is InChI=1S/C23H32N2O2/c1-17(2)25(18(3)4)15-14-21(19-10-6-5-7-11-19)23(27)24-16-20-12-8-9-13-22(20)26/h5-13,17-18,21,26H,14-16H2,1-4H3,(H,24,27). The van der Waals surface area contributed by atoms with Crippen molar-refractivity contribution in [3.05, 3.63) is 65.7 Å². The number of amides is 1. The molecule has 0 spiro atoms. The summed E-state index contributed by atoms with van der Waals surface area (Å²) in [6, 6.07) is 17.9. The van der Waals surface area contributed by atoms with Gasteiger partial charge in [-0.2, -0.15) is 0 Å². The van der Waals surface area contributed by atoms with Gasteiger partial charge in [-0.1, -0.05) is 48.5 Å². The number of carbonyl (C=O) groups excluding carboxylic acids is 1. The van der Waals surface area contributed by atoms with Crippen molar-refractivity contribution < 1.29 is 9.90 Å². The van der Waals surface area contributed by atoms with Crippen LogP contribution in [0.25, 0.3) is 0 Å². The van der Waals surface area contributed by atoms with Crippen molar-refractivity contribution in [3.8, 4) is 5.75 Å². The predicted octanol–water partition coefficient (Wildman–Crippen LogP) is 4.30. The summed E-state index contributed by atoms with van der Waals surface area (Å²) < 4.78 is 0. The third-order valence-corrected chi connectivity index (χ3v) is 4.97. The highest BCUT2D eigenvalue weighted by Crippen LogP contribution is 2.22. The molecule has 146 valence electrons. The minimum absolute atomic E-state index is 0.00286. The number of nitrogens with zero attached hydrogens (tertiary/aromatic N) is 1. The number of hydrogen-bond acceptors (Lipinski definition) is 3. The second-order valence-corrected chi connectivity index (χ2v) is 7.52. The van der Waals surface area contributed by atoms with Crippen LogP contribution in [-0.2, 0) is 11.3 Å². The highest BCUT2D eigenvalue weighted by atomic mass is 16.3. The molecule has 2 rings (SSSR count). The van der Waals surface area contributed by atoms with Crippen molar-refractivity contribution in [2.24, 2.45) is 0 Å². The summed E-state index contributed by atoms with van der Waals surface area (Å²) in [5.41, 5.74) is 1.75. The van der Waals surface area contributed by atoms with Crippen molar-refractivity contribution in [2.75, 3.05) is 6.54 Å². The molecule has 1 amide bonds. The van der Waals surface area contributed by atoms with Crippen LogP contribution in [0.4, 0.5) is 0 Å². The Balaban J connectivity index is 2.10. The molecule has 1 unspecified atom stereocenters. The van der Waals surface area contributed by atoms with Gasteiger partial charge in [0.1, 0.15) is 5.75 Å². The fraction of sp³-hybridized carbons (Fsp3) is 0.435. The van der Waals surface area contributed by atoms with Crippen molar-refractivity contribution in [3.63, 3.8) is 0 Å².